The molecule has 1 aliphatic rings. The van der Waals surface area contributed by atoms with Crippen LogP contribution in [0, 0.1) is 0 Å². The van der Waals surface area contributed by atoms with Crippen LogP contribution in [0.2, 0.25) is 5.02 Å². The van der Waals surface area contributed by atoms with Gasteiger partial charge in [-0.2, -0.15) is 11.8 Å². The first-order chi connectivity index (χ1) is 15.1. The molecule has 2 aromatic carbocycles. The number of benzene rings is 2. The number of ether oxygens (including phenoxy) is 1. The number of ketones is 1. The van der Waals surface area contributed by atoms with Gasteiger partial charge in [-0.1, -0.05) is 29.8 Å². The van der Waals surface area contributed by atoms with E-state index in [0.29, 0.717) is 40.9 Å². The Morgan fingerprint density at radius 1 is 1.10 bits per heavy atom. The number of hydrogen-bond donors (Lipinski definition) is 1. The first-order valence-corrected chi connectivity index (χ1v) is 11.4. The van der Waals surface area contributed by atoms with Crippen molar-refractivity contribution in [2.75, 3.05) is 17.2 Å². The summed E-state index contributed by atoms with van der Waals surface area (Å²) in [5.74, 6) is 3.46. The van der Waals surface area contributed by atoms with Crippen LogP contribution in [0.1, 0.15) is 17.7 Å². The Morgan fingerprint density at radius 3 is 2.81 bits per heavy atom. The highest BCUT2D eigenvalue weighted by Crippen LogP contribution is 2.40. The molecule has 1 aliphatic heterocycles. The molecule has 0 bridgehead atoms. The fourth-order valence-electron chi connectivity index (χ4n) is 3.19. The Bertz CT molecular complexity index is 1070. The number of nitrogens with zero attached hydrogens (tertiary/aromatic N) is 1. The van der Waals surface area contributed by atoms with Crippen LogP contribution < -0.4 is 15.0 Å². The van der Waals surface area contributed by atoms with Crippen molar-refractivity contribution in [2.45, 2.75) is 18.7 Å². The second kappa shape index (κ2) is 9.94. The Labute approximate surface area is 189 Å². The molecule has 2 heterocycles. The van der Waals surface area contributed by atoms with E-state index in [1.165, 1.54) is 0 Å². The average molecular weight is 457 g/mol. The van der Waals surface area contributed by atoms with Gasteiger partial charge in [-0.15, -0.1) is 0 Å². The van der Waals surface area contributed by atoms with E-state index in [1.54, 1.807) is 41.1 Å². The summed E-state index contributed by atoms with van der Waals surface area (Å²) in [6, 6.07) is 16.1. The summed E-state index contributed by atoms with van der Waals surface area (Å²) in [4.78, 5) is 26.8. The summed E-state index contributed by atoms with van der Waals surface area (Å²) in [6.45, 7) is 0.275. The van der Waals surface area contributed by atoms with Gasteiger partial charge < -0.3 is 14.5 Å². The standard InChI is InChI=1S/C23H21ClN2O4S/c24-17-7-8-22-20(12-17)26(14-16-4-1-2-6-21(16)30-22)23(28)25-13-18(27)9-11-31-15-19-5-3-10-29-19/h1-8,10,12H,9,11,13-15H2,(H,25,28). The number of halogens is 1. The lowest BCUT2D eigenvalue weighted by Gasteiger charge is -2.22. The summed E-state index contributed by atoms with van der Waals surface area (Å²) < 4.78 is 11.3. The van der Waals surface area contributed by atoms with E-state index in [1.807, 2.05) is 36.4 Å². The smallest absolute Gasteiger partial charge is 0.322 e. The molecular formula is C23H21ClN2O4S. The van der Waals surface area contributed by atoms with Crippen molar-refractivity contribution >= 4 is 40.9 Å². The molecule has 0 saturated carbocycles. The molecule has 31 heavy (non-hydrogen) atoms. The average Bonchev–Trinajstić information content (AvgIpc) is 3.23. The summed E-state index contributed by atoms with van der Waals surface area (Å²) in [6.07, 6.45) is 2.01. The highest BCUT2D eigenvalue weighted by atomic mass is 35.5. The van der Waals surface area contributed by atoms with Crippen LogP contribution in [-0.4, -0.2) is 24.1 Å². The normalized spacial score (nSPS) is 12.4. The molecule has 2 amide bonds. The first kappa shape index (κ1) is 21.3. The number of hydrogen-bond acceptors (Lipinski definition) is 5. The lowest BCUT2D eigenvalue weighted by molar-refractivity contribution is -0.117. The number of fused-ring (bicyclic) bond motifs is 2. The maximum atomic E-state index is 13.0. The van der Waals surface area contributed by atoms with E-state index in [0.717, 1.165) is 17.1 Å². The van der Waals surface area contributed by atoms with Crippen LogP contribution in [0.3, 0.4) is 0 Å². The molecule has 160 valence electrons. The van der Waals surface area contributed by atoms with E-state index in [4.69, 9.17) is 20.8 Å². The predicted molar refractivity (Wildman–Crippen MR) is 122 cm³/mol. The third-order valence-corrected chi connectivity index (χ3v) is 5.98. The molecule has 3 aromatic rings. The molecule has 1 aromatic heterocycles. The van der Waals surface area contributed by atoms with E-state index in [-0.39, 0.29) is 18.4 Å². The lowest BCUT2D eigenvalue weighted by Crippen LogP contribution is -2.41. The number of rotatable bonds is 7. The minimum Gasteiger partial charge on any atom is -0.468 e. The Morgan fingerprint density at radius 2 is 1.97 bits per heavy atom. The fraction of sp³-hybridized carbons (Fsp3) is 0.217. The summed E-state index contributed by atoms with van der Waals surface area (Å²) in [5.41, 5.74) is 1.42. The number of urea groups is 1. The zero-order valence-electron chi connectivity index (χ0n) is 16.7. The Kier molecular flexibility index (Phi) is 6.84. The van der Waals surface area contributed by atoms with Gasteiger partial charge >= 0.3 is 6.03 Å². The van der Waals surface area contributed by atoms with Crippen LogP contribution in [0.15, 0.2) is 65.3 Å². The predicted octanol–water partition coefficient (Wildman–Crippen LogP) is 5.65. The SMILES string of the molecule is O=C(CCSCc1ccco1)CNC(=O)N1Cc2ccccc2Oc2ccc(Cl)cc21. The lowest BCUT2D eigenvalue weighted by atomic mass is 10.2. The van der Waals surface area contributed by atoms with Crippen LogP contribution >= 0.6 is 23.4 Å². The van der Waals surface area contributed by atoms with Crippen molar-refractivity contribution in [1.82, 2.24) is 5.32 Å². The van der Waals surface area contributed by atoms with Crippen molar-refractivity contribution in [3.05, 3.63) is 77.2 Å². The van der Waals surface area contributed by atoms with Gasteiger partial charge in [0.1, 0.15) is 11.5 Å². The number of Topliss-reactive ketones (excluding diaryl/α,β-unsaturated/α-hetero) is 1. The van der Waals surface area contributed by atoms with Gasteiger partial charge in [-0.05, 0) is 36.4 Å². The largest absolute Gasteiger partial charge is 0.468 e. The molecule has 0 unspecified atom stereocenters. The molecule has 8 heteroatoms. The third kappa shape index (κ3) is 5.42. The summed E-state index contributed by atoms with van der Waals surface area (Å²) in [7, 11) is 0. The van der Waals surface area contributed by atoms with Gasteiger partial charge in [0.25, 0.3) is 0 Å². The number of carbonyl (C=O) groups excluding carboxylic acids is 2. The monoisotopic (exact) mass is 456 g/mol. The summed E-state index contributed by atoms with van der Waals surface area (Å²) in [5, 5.41) is 3.23. The number of anilines is 1. The molecule has 0 atom stereocenters. The van der Waals surface area contributed by atoms with Crippen LogP contribution in [0.4, 0.5) is 10.5 Å². The molecule has 0 saturated heterocycles. The second-order valence-electron chi connectivity index (χ2n) is 6.99. The maximum absolute atomic E-state index is 13.0. The number of para-hydroxylation sites is 1. The van der Waals surface area contributed by atoms with Gasteiger partial charge in [0.2, 0.25) is 0 Å². The third-order valence-electron chi connectivity index (χ3n) is 4.76. The number of thioether (sulfide) groups is 1. The van der Waals surface area contributed by atoms with Crippen LogP contribution in [0.25, 0.3) is 0 Å². The molecular weight excluding hydrogens is 436 g/mol. The molecule has 0 aliphatic carbocycles. The van der Waals surface area contributed by atoms with Gasteiger partial charge in [0, 0.05) is 22.8 Å². The second-order valence-corrected chi connectivity index (χ2v) is 8.53. The van der Waals surface area contributed by atoms with Gasteiger partial charge in [-0.25, -0.2) is 4.79 Å². The quantitative estimate of drug-likeness (QED) is 0.465. The van der Waals surface area contributed by atoms with Crippen molar-refractivity contribution in [1.29, 1.82) is 0 Å². The topological polar surface area (TPSA) is 71.8 Å². The van der Waals surface area contributed by atoms with Crippen molar-refractivity contribution in [2.24, 2.45) is 0 Å². The highest BCUT2D eigenvalue weighted by Gasteiger charge is 2.25. The highest BCUT2D eigenvalue weighted by molar-refractivity contribution is 7.98. The Balaban J connectivity index is 1.37. The fourth-order valence-corrected chi connectivity index (χ4v) is 4.24. The number of amides is 2. The minimum absolute atomic E-state index is 0.0296. The maximum Gasteiger partial charge on any atom is 0.322 e. The van der Waals surface area contributed by atoms with E-state index in [2.05, 4.69) is 5.32 Å². The van der Waals surface area contributed by atoms with E-state index < -0.39 is 0 Å². The van der Waals surface area contributed by atoms with Gasteiger partial charge in [0.05, 0.1) is 30.8 Å². The number of furan rings is 1. The zero-order valence-corrected chi connectivity index (χ0v) is 18.2. The van der Waals surface area contributed by atoms with Crippen molar-refractivity contribution < 1.29 is 18.7 Å². The molecule has 1 N–H and O–H groups in total. The molecule has 0 radical (unpaired) electrons. The van der Waals surface area contributed by atoms with Crippen molar-refractivity contribution in [3.63, 3.8) is 0 Å². The zero-order chi connectivity index (χ0) is 21.6. The van der Waals surface area contributed by atoms with Gasteiger partial charge in [0.15, 0.2) is 11.5 Å². The molecule has 4 rings (SSSR count). The molecule has 6 nitrogen and oxygen atoms in total. The van der Waals surface area contributed by atoms with Crippen LogP contribution in [0.5, 0.6) is 11.5 Å². The van der Waals surface area contributed by atoms with E-state index in [9.17, 15) is 9.59 Å². The number of carbonyl (C=O) groups is 2. The Hall–Kier alpha value is -2.90. The summed E-state index contributed by atoms with van der Waals surface area (Å²) >= 11 is 7.79. The molecule has 0 spiro atoms. The molecule has 0 fully saturated rings. The van der Waals surface area contributed by atoms with Gasteiger partial charge in [-0.3, -0.25) is 9.69 Å². The first-order valence-electron chi connectivity index (χ1n) is 9.82. The van der Waals surface area contributed by atoms with E-state index >= 15 is 0 Å². The number of nitrogens with one attached hydrogen (secondary N) is 1. The van der Waals surface area contributed by atoms with Crippen molar-refractivity contribution in [3.8, 4) is 11.5 Å². The van der Waals surface area contributed by atoms with Crippen LogP contribution in [-0.2, 0) is 17.1 Å². The minimum atomic E-state index is -0.375.